The largest absolute Gasteiger partial charge is 0.348 e. The molecular formula is C14H18ClN5O. The zero-order chi connectivity index (χ0) is 15.2. The van der Waals surface area contributed by atoms with Crippen LogP contribution >= 0.6 is 11.6 Å². The van der Waals surface area contributed by atoms with Crippen molar-refractivity contribution in [2.45, 2.75) is 33.2 Å². The summed E-state index contributed by atoms with van der Waals surface area (Å²) in [5.41, 5.74) is 0.802. The molecule has 0 aliphatic rings. The summed E-state index contributed by atoms with van der Waals surface area (Å²) < 4.78 is 1.59. The Balaban J connectivity index is 2.07. The van der Waals surface area contributed by atoms with Crippen LogP contribution < -0.4 is 5.32 Å². The predicted octanol–water partition coefficient (Wildman–Crippen LogP) is 2.37. The van der Waals surface area contributed by atoms with Crippen LogP contribution in [-0.4, -0.2) is 26.1 Å². The van der Waals surface area contributed by atoms with Crippen LogP contribution in [0.2, 0.25) is 5.02 Å². The van der Waals surface area contributed by atoms with E-state index in [0.29, 0.717) is 17.4 Å². The normalized spacial score (nSPS) is 10.9. The molecule has 1 heterocycles. The molecule has 1 N–H and O–H groups in total. The Hall–Kier alpha value is -1.95. The molecule has 0 fully saturated rings. The first-order valence-electron chi connectivity index (χ1n) is 6.96. The lowest BCUT2D eigenvalue weighted by molar-refractivity contribution is -0.125. The minimum atomic E-state index is 0.0323. The number of hydrogen-bond donors (Lipinski definition) is 1. The van der Waals surface area contributed by atoms with E-state index in [-0.39, 0.29) is 11.8 Å². The minimum Gasteiger partial charge on any atom is -0.348 e. The predicted molar refractivity (Wildman–Crippen MR) is 80.1 cm³/mol. The first kappa shape index (κ1) is 15.4. The van der Waals surface area contributed by atoms with Gasteiger partial charge in [0.2, 0.25) is 5.91 Å². The van der Waals surface area contributed by atoms with Gasteiger partial charge in [0.05, 0.1) is 12.2 Å². The summed E-state index contributed by atoms with van der Waals surface area (Å²) in [6, 6.07) is 7.19. The summed E-state index contributed by atoms with van der Waals surface area (Å²) in [7, 11) is 0. The van der Waals surface area contributed by atoms with Gasteiger partial charge in [-0.05, 0) is 47.5 Å². The molecule has 0 aliphatic carbocycles. The van der Waals surface area contributed by atoms with E-state index in [1.165, 1.54) is 0 Å². The molecule has 0 aliphatic heterocycles. The van der Waals surface area contributed by atoms with E-state index in [1.54, 1.807) is 16.8 Å². The van der Waals surface area contributed by atoms with Crippen LogP contribution in [0.4, 0.5) is 0 Å². The van der Waals surface area contributed by atoms with Gasteiger partial charge in [-0.25, -0.2) is 0 Å². The number of nitrogens with one attached hydrogen (secondary N) is 1. The number of halogens is 1. The number of tetrazole rings is 1. The Morgan fingerprint density at radius 1 is 1.29 bits per heavy atom. The van der Waals surface area contributed by atoms with Gasteiger partial charge in [-0.1, -0.05) is 25.4 Å². The molecule has 0 saturated heterocycles. The summed E-state index contributed by atoms with van der Waals surface area (Å²) >= 11 is 5.86. The highest BCUT2D eigenvalue weighted by Gasteiger charge is 2.15. The monoisotopic (exact) mass is 307 g/mol. The molecule has 0 spiro atoms. The number of hydrogen-bond acceptors (Lipinski definition) is 4. The second kappa shape index (κ2) is 7.17. The standard InChI is InChI=1S/C14H18ClN5O/c1-3-10(4-2)14(21)16-9-13-17-18-19-20(13)12-7-5-11(15)6-8-12/h5-8,10H,3-4,9H2,1-2H3,(H,16,21). The quantitative estimate of drug-likeness (QED) is 0.889. The van der Waals surface area contributed by atoms with E-state index < -0.39 is 0 Å². The van der Waals surface area contributed by atoms with Gasteiger partial charge in [0, 0.05) is 10.9 Å². The molecule has 2 aromatic rings. The summed E-state index contributed by atoms with van der Waals surface area (Å²) in [6.07, 6.45) is 1.65. The van der Waals surface area contributed by atoms with Gasteiger partial charge < -0.3 is 5.32 Å². The van der Waals surface area contributed by atoms with Crippen molar-refractivity contribution in [3.8, 4) is 5.69 Å². The highest BCUT2D eigenvalue weighted by Crippen LogP contribution is 2.13. The number of carbonyl (C=O) groups excluding carboxylic acids is 1. The topological polar surface area (TPSA) is 72.7 Å². The minimum absolute atomic E-state index is 0.0323. The summed E-state index contributed by atoms with van der Waals surface area (Å²) in [6.45, 7) is 4.31. The fraction of sp³-hybridized carbons (Fsp3) is 0.429. The zero-order valence-corrected chi connectivity index (χ0v) is 12.8. The Morgan fingerprint density at radius 3 is 2.57 bits per heavy atom. The van der Waals surface area contributed by atoms with Crippen molar-refractivity contribution in [2.75, 3.05) is 0 Å². The van der Waals surface area contributed by atoms with Crippen molar-refractivity contribution >= 4 is 17.5 Å². The van der Waals surface area contributed by atoms with Gasteiger partial charge >= 0.3 is 0 Å². The third-order valence-corrected chi connectivity index (χ3v) is 3.63. The molecule has 0 radical (unpaired) electrons. The maximum absolute atomic E-state index is 12.0. The second-order valence-electron chi connectivity index (χ2n) is 4.71. The van der Waals surface area contributed by atoms with Gasteiger partial charge in [-0.3, -0.25) is 4.79 Å². The molecule has 1 amide bonds. The van der Waals surface area contributed by atoms with Crippen LogP contribution in [0, 0.1) is 5.92 Å². The van der Waals surface area contributed by atoms with E-state index >= 15 is 0 Å². The van der Waals surface area contributed by atoms with E-state index in [0.717, 1.165) is 18.5 Å². The van der Waals surface area contributed by atoms with Gasteiger partial charge in [-0.2, -0.15) is 4.68 Å². The lowest BCUT2D eigenvalue weighted by Gasteiger charge is -2.12. The highest BCUT2D eigenvalue weighted by molar-refractivity contribution is 6.30. The van der Waals surface area contributed by atoms with Crippen molar-refractivity contribution in [1.29, 1.82) is 0 Å². The number of aromatic nitrogens is 4. The molecule has 0 atom stereocenters. The van der Waals surface area contributed by atoms with E-state index in [4.69, 9.17) is 11.6 Å². The molecule has 0 saturated carbocycles. The van der Waals surface area contributed by atoms with Gasteiger partial charge in [0.1, 0.15) is 0 Å². The molecular weight excluding hydrogens is 290 g/mol. The van der Waals surface area contributed by atoms with Crippen LogP contribution in [-0.2, 0) is 11.3 Å². The average molecular weight is 308 g/mol. The number of benzene rings is 1. The molecule has 1 aromatic carbocycles. The van der Waals surface area contributed by atoms with Crippen LogP contribution in [0.3, 0.4) is 0 Å². The van der Waals surface area contributed by atoms with E-state index in [9.17, 15) is 4.79 Å². The zero-order valence-electron chi connectivity index (χ0n) is 12.1. The summed E-state index contributed by atoms with van der Waals surface area (Å²) in [4.78, 5) is 12.0. The van der Waals surface area contributed by atoms with Gasteiger partial charge in [0.25, 0.3) is 0 Å². The Bertz CT molecular complexity index is 592. The molecule has 6 nitrogen and oxygen atoms in total. The second-order valence-corrected chi connectivity index (χ2v) is 5.15. The summed E-state index contributed by atoms with van der Waals surface area (Å²) in [5.74, 6) is 0.646. The molecule has 1 aromatic heterocycles. The first-order chi connectivity index (χ1) is 10.2. The lowest BCUT2D eigenvalue weighted by atomic mass is 10.0. The molecule has 2 rings (SSSR count). The van der Waals surface area contributed by atoms with Crippen LogP contribution in [0.15, 0.2) is 24.3 Å². The number of amides is 1. The molecule has 0 bridgehead atoms. The molecule has 0 unspecified atom stereocenters. The maximum atomic E-state index is 12.0. The van der Waals surface area contributed by atoms with Crippen LogP contribution in [0.5, 0.6) is 0 Å². The third kappa shape index (κ3) is 3.78. The highest BCUT2D eigenvalue weighted by atomic mass is 35.5. The Labute approximate surface area is 128 Å². The smallest absolute Gasteiger partial charge is 0.223 e. The lowest BCUT2D eigenvalue weighted by Crippen LogP contribution is -2.30. The fourth-order valence-electron chi connectivity index (χ4n) is 2.07. The van der Waals surface area contributed by atoms with E-state index in [1.807, 2.05) is 26.0 Å². The fourth-order valence-corrected chi connectivity index (χ4v) is 2.19. The van der Waals surface area contributed by atoms with Gasteiger partial charge in [-0.15, -0.1) is 5.10 Å². The van der Waals surface area contributed by atoms with Crippen molar-refractivity contribution < 1.29 is 4.79 Å². The SMILES string of the molecule is CCC(CC)C(=O)NCc1nnnn1-c1ccc(Cl)cc1. The maximum Gasteiger partial charge on any atom is 0.223 e. The summed E-state index contributed by atoms with van der Waals surface area (Å²) in [5, 5.41) is 15.1. The van der Waals surface area contributed by atoms with Crippen molar-refractivity contribution in [3.05, 3.63) is 35.1 Å². The number of rotatable bonds is 6. The number of carbonyl (C=O) groups is 1. The first-order valence-corrected chi connectivity index (χ1v) is 7.34. The van der Waals surface area contributed by atoms with Crippen LogP contribution in [0.1, 0.15) is 32.5 Å². The molecule has 7 heteroatoms. The van der Waals surface area contributed by atoms with Crippen LogP contribution in [0.25, 0.3) is 5.69 Å². The number of nitrogens with zero attached hydrogens (tertiary/aromatic N) is 4. The van der Waals surface area contributed by atoms with Gasteiger partial charge in [0.15, 0.2) is 5.82 Å². The van der Waals surface area contributed by atoms with Crippen molar-refractivity contribution in [3.63, 3.8) is 0 Å². The van der Waals surface area contributed by atoms with Crippen molar-refractivity contribution in [2.24, 2.45) is 5.92 Å². The Kier molecular flexibility index (Phi) is 5.27. The molecule has 21 heavy (non-hydrogen) atoms. The molecule has 112 valence electrons. The van der Waals surface area contributed by atoms with E-state index in [2.05, 4.69) is 20.8 Å². The third-order valence-electron chi connectivity index (χ3n) is 3.38. The Morgan fingerprint density at radius 2 is 1.95 bits per heavy atom. The van der Waals surface area contributed by atoms with Crippen molar-refractivity contribution in [1.82, 2.24) is 25.5 Å². The average Bonchev–Trinajstić information content (AvgIpc) is 2.95.